The van der Waals surface area contributed by atoms with Crippen LogP contribution in [0.4, 0.5) is 18.9 Å². The topological polar surface area (TPSA) is 38.3 Å². The minimum Gasteiger partial charge on any atom is -0.497 e. The van der Waals surface area contributed by atoms with E-state index >= 15 is 0 Å². The molecular weight excluding hydrogens is 315 g/mol. The first-order chi connectivity index (χ1) is 10.4. The minimum atomic E-state index is -4.34. The van der Waals surface area contributed by atoms with Gasteiger partial charge in [0.2, 0.25) is 0 Å². The predicted molar refractivity (Wildman–Crippen MR) is 79.3 cm³/mol. The second-order valence-electron chi connectivity index (χ2n) is 4.26. The number of methoxy groups -OCH3 is 1. The third kappa shape index (κ3) is 4.70. The molecule has 0 radical (unpaired) electrons. The van der Waals surface area contributed by atoms with Crippen LogP contribution in [-0.4, -0.2) is 18.5 Å². The Kier molecular flexibility index (Phi) is 4.97. The second-order valence-corrected chi connectivity index (χ2v) is 5.40. The van der Waals surface area contributed by atoms with Crippen molar-refractivity contribution in [2.45, 2.75) is 10.4 Å². The first-order valence-corrected chi connectivity index (χ1v) is 7.00. The highest BCUT2D eigenvalue weighted by Crippen LogP contribution is 2.36. The Balaban J connectivity index is 2.06. The van der Waals surface area contributed by atoms with Crippen molar-refractivity contribution < 1.29 is 22.7 Å². The fraction of sp³-hybridized carbons (Fsp3) is 0.133. The SMILES string of the molecule is COc1cccc(NC(=O)c2ccc(SC(F)(F)F)cc2)c1. The number of thioether (sulfide) groups is 1. The molecule has 0 heterocycles. The maximum atomic E-state index is 12.2. The number of rotatable bonds is 4. The minimum absolute atomic E-state index is 0.0328. The van der Waals surface area contributed by atoms with Crippen molar-refractivity contribution in [1.82, 2.24) is 0 Å². The standard InChI is InChI=1S/C15H12F3NO2S/c1-21-12-4-2-3-11(9-12)19-14(20)10-5-7-13(8-6-10)22-15(16,17)18/h2-9H,1H3,(H,19,20). The van der Waals surface area contributed by atoms with E-state index in [1.54, 1.807) is 24.3 Å². The molecule has 0 fully saturated rings. The zero-order valence-corrected chi connectivity index (χ0v) is 12.3. The van der Waals surface area contributed by atoms with Crippen molar-refractivity contribution in [2.24, 2.45) is 0 Å². The van der Waals surface area contributed by atoms with E-state index < -0.39 is 11.4 Å². The lowest BCUT2D eigenvalue weighted by Crippen LogP contribution is -2.11. The number of halogens is 3. The van der Waals surface area contributed by atoms with Gasteiger partial charge in [-0.1, -0.05) is 6.07 Å². The first-order valence-electron chi connectivity index (χ1n) is 6.18. The van der Waals surface area contributed by atoms with Gasteiger partial charge in [0.15, 0.2) is 0 Å². The lowest BCUT2D eigenvalue weighted by atomic mass is 10.2. The summed E-state index contributed by atoms with van der Waals surface area (Å²) < 4.78 is 41.7. The van der Waals surface area contributed by atoms with Crippen LogP contribution in [-0.2, 0) is 0 Å². The van der Waals surface area contributed by atoms with Gasteiger partial charge in [-0.15, -0.1) is 0 Å². The molecule has 0 aliphatic rings. The zero-order chi connectivity index (χ0) is 16.2. The van der Waals surface area contributed by atoms with Crippen LogP contribution in [0.3, 0.4) is 0 Å². The van der Waals surface area contributed by atoms with Crippen LogP contribution in [0, 0.1) is 0 Å². The van der Waals surface area contributed by atoms with Gasteiger partial charge in [0.25, 0.3) is 5.91 Å². The Morgan fingerprint density at radius 2 is 1.82 bits per heavy atom. The highest BCUT2D eigenvalue weighted by Gasteiger charge is 2.29. The molecule has 116 valence electrons. The summed E-state index contributed by atoms with van der Waals surface area (Å²) >= 11 is -0.218. The van der Waals surface area contributed by atoms with Crippen LogP contribution in [0.1, 0.15) is 10.4 Å². The largest absolute Gasteiger partial charge is 0.497 e. The van der Waals surface area contributed by atoms with Crippen LogP contribution in [0.2, 0.25) is 0 Å². The summed E-state index contributed by atoms with van der Waals surface area (Å²) in [6.07, 6.45) is 0. The quantitative estimate of drug-likeness (QED) is 0.837. The van der Waals surface area contributed by atoms with E-state index in [1.807, 2.05) is 0 Å². The molecule has 2 rings (SSSR count). The smallest absolute Gasteiger partial charge is 0.446 e. The average molecular weight is 327 g/mol. The number of hydrogen-bond donors (Lipinski definition) is 1. The van der Waals surface area contributed by atoms with E-state index in [1.165, 1.54) is 31.4 Å². The normalized spacial score (nSPS) is 11.1. The van der Waals surface area contributed by atoms with Crippen LogP contribution >= 0.6 is 11.8 Å². The maximum Gasteiger partial charge on any atom is 0.446 e. The molecule has 0 atom stereocenters. The molecule has 0 aliphatic heterocycles. The van der Waals surface area contributed by atoms with Crippen LogP contribution in [0.5, 0.6) is 5.75 Å². The molecule has 0 aromatic heterocycles. The molecule has 3 nitrogen and oxygen atoms in total. The number of alkyl halides is 3. The number of anilines is 1. The van der Waals surface area contributed by atoms with Gasteiger partial charge in [0.05, 0.1) is 7.11 Å². The van der Waals surface area contributed by atoms with Gasteiger partial charge in [0, 0.05) is 22.2 Å². The number of carbonyl (C=O) groups excluding carboxylic acids is 1. The van der Waals surface area contributed by atoms with Crippen molar-refractivity contribution in [1.29, 1.82) is 0 Å². The Bertz CT molecular complexity index is 657. The molecule has 0 saturated heterocycles. The van der Waals surface area contributed by atoms with E-state index in [2.05, 4.69) is 5.32 Å². The Morgan fingerprint density at radius 3 is 2.41 bits per heavy atom. The molecule has 0 saturated carbocycles. The van der Waals surface area contributed by atoms with Crippen molar-refractivity contribution in [3.63, 3.8) is 0 Å². The number of hydrogen-bond acceptors (Lipinski definition) is 3. The summed E-state index contributed by atoms with van der Waals surface area (Å²) in [5, 5.41) is 2.65. The molecule has 0 bridgehead atoms. The monoisotopic (exact) mass is 327 g/mol. The van der Waals surface area contributed by atoms with Gasteiger partial charge in [0.1, 0.15) is 5.75 Å². The number of benzene rings is 2. The number of nitrogens with one attached hydrogen (secondary N) is 1. The number of amides is 1. The lowest BCUT2D eigenvalue weighted by Gasteiger charge is -2.08. The molecule has 22 heavy (non-hydrogen) atoms. The Hall–Kier alpha value is -2.15. The third-order valence-corrected chi connectivity index (χ3v) is 3.42. The van der Waals surface area contributed by atoms with E-state index in [0.29, 0.717) is 11.4 Å². The van der Waals surface area contributed by atoms with Crippen molar-refractivity contribution in [3.05, 3.63) is 54.1 Å². The Labute approximate surface area is 129 Å². The van der Waals surface area contributed by atoms with E-state index in [0.717, 1.165) is 0 Å². The van der Waals surface area contributed by atoms with Gasteiger partial charge >= 0.3 is 5.51 Å². The fourth-order valence-electron chi connectivity index (χ4n) is 1.71. The van der Waals surface area contributed by atoms with Gasteiger partial charge < -0.3 is 10.1 Å². The molecule has 0 aliphatic carbocycles. The summed E-state index contributed by atoms with van der Waals surface area (Å²) in [6.45, 7) is 0. The first kappa shape index (κ1) is 16.2. The van der Waals surface area contributed by atoms with E-state index in [4.69, 9.17) is 4.74 Å². The molecule has 2 aromatic carbocycles. The van der Waals surface area contributed by atoms with Gasteiger partial charge in [-0.2, -0.15) is 13.2 Å². The van der Waals surface area contributed by atoms with Gasteiger partial charge in [-0.05, 0) is 48.2 Å². The van der Waals surface area contributed by atoms with Crippen LogP contribution < -0.4 is 10.1 Å². The maximum absolute atomic E-state index is 12.2. The highest BCUT2D eigenvalue weighted by molar-refractivity contribution is 8.00. The second kappa shape index (κ2) is 6.74. The fourth-order valence-corrected chi connectivity index (χ4v) is 2.25. The molecule has 0 spiro atoms. The Morgan fingerprint density at radius 1 is 1.14 bits per heavy atom. The highest BCUT2D eigenvalue weighted by atomic mass is 32.2. The number of ether oxygens (including phenoxy) is 1. The zero-order valence-electron chi connectivity index (χ0n) is 11.5. The average Bonchev–Trinajstić information content (AvgIpc) is 2.46. The van der Waals surface area contributed by atoms with Crippen molar-refractivity contribution >= 4 is 23.4 Å². The summed E-state index contributed by atoms with van der Waals surface area (Å²) in [6, 6.07) is 12.0. The molecule has 1 N–H and O–H groups in total. The van der Waals surface area contributed by atoms with E-state index in [9.17, 15) is 18.0 Å². The van der Waals surface area contributed by atoms with Gasteiger partial charge in [-0.3, -0.25) is 4.79 Å². The molecule has 1 amide bonds. The van der Waals surface area contributed by atoms with Crippen molar-refractivity contribution in [3.8, 4) is 5.75 Å². The summed E-state index contributed by atoms with van der Waals surface area (Å²) in [5.74, 6) is 0.187. The molecular formula is C15H12F3NO2S. The van der Waals surface area contributed by atoms with Crippen LogP contribution in [0.15, 0.2) is 53.4 Å². The summed E-state index contributed by atoms with van der Waals surface area (Å²) in [7, 11) is 1.51. The summed E-state index contributed by atoms with van der Waals surface area (Å²) in [4.78, 5) is 12.1. The summed E-state index contributed by atoms with van der Waals surface area (Å²) in [5.41, 5.74) is -3.53. The molecule has 7 heteroatoms. The van der Waals surface area contributed by atoms with Crippen molar-refractivity contribution in [2.75, 3.05) is 12.4 Å². The van der Waals surface area contributed by atoms with Gasteiger partial charge in [-0.25, -0.2) is 0 Å². The van der Waals surface area contributed by atoms with Crippen LogP contribution in [0.25, 0.3) is 0 Å². The molecule has 0 unspecified atom stereocenters. The molecule has 2 aromatic rings. The van der Waals surface area contributed by atoms with E-state index in [-0.39, 0.29) is 22.2 Å². The predicted octanol–water partition coefficient (Wildman–Crippen LogP) is 4.56. The third-order valence-electron chi connectivity index (χ3n) is 2.68. The number of carbonyl (C=O) groups is 1. The lowest BCUT2D eigenvalue weighted by molar-refractivity contribution is -0.0328.